The van der Waals surface area contributed by atoms with E-state index < -0.39 is 0 Å². The zero-order valence-corrected chi connectivity index (χ0v) is 15.5. The molecule has 1 aliphatic heterocycles. The van der Waals surface area contributed by atoms with E-state index in [1.807, 2.05) is 35.2 Å². The van der Waals surface area contributed by atoms with E-state index in [4.69, 9.17) is 0 Å². The van der Waals surface area contributed by atoms with Gasteiger partial charge in [0.25, 0.3) is 5.91 Å². The highest BCUT2D eigenvalue weighted by atomic mass is 16.2. The molecule has 136 valence electrons. The molecule has 4 heteroatoms. The lowest BCUT2D eigenvalue weighted by atomic mass is 10.0. The Balaban J connectivity index is 1.44. The van der Waals surface area contributed by atoms with E-state index in [2.05, 4.69) is 47.6 Å². The topological polar surface area (TPSA) is 45.2 Å². The van der Waals surface area contributed by atoms with Crippen LogP contribution >= 0.6 is 0 Å². The summed E-state index contributed by atoms with van der Waals surface area (Å²) >= 11 is 0. The third-order valence-corrected chi connectivity index (χ3v) is 4.96. The number of carbonyl (C=O) groups excluding carboxylic acids is 1. The lowest BCUT2D eigenvalue weighted by molar-refractivity contribution is 0.0985. The van der Waals surface area contributed by atoms with Crippen molar-refractivity contribution in [3.05, 3.63) is 89.1 Å². The van der Waals surface area contributed by atoms with Gasteiger partial charge in [0.2, 0.25) is 0 Å². The third kappa shape index (κ3) is 3.85. The van der Waals surface area contributed by atoms with E-state index >= 15 is 0 Å². The predicted octanol–water partition coefficient (Wildman–Crippen LogP) is 4.60. The van der Waals surface area contributed by atoms with Crippen LogP contribution in [0.3, 0.4) is 0 Å². The fourth-order valence-corrected chi connectivity index (χ4v) is 3.42. The van der Waals surface area contributed by atoms with Gasteiger partial charge in [-0.15, -0.1) is 0 Å². The van der Waals surface area contributed by atoms with Crippen molar-refractivity contribution in [1.82, 2.24) is 4.98 Å². The number of aryl methyl sites for hydroxylation is 2. The molecule has 4 rings (SSSR count). The molecule has 0 fully saturated rings. The lowest BCUT2D eigenvalue weighted by Gasteiger charge is -2.29. The van der Waals surface area contributed by atoms with Gasteiger partial charge in [-0.2, -0.15) is 0 Å². The van der Waals surface area contributed by atoms with Gasteiger partial charge in [0.15, 0.2) is 0 Å². The van der Waals surface area contributed by atoms with Crippen LogP contribution in [0.1, 0.15) is 33.5 Å². The minimum Gasteiger partial charge on any atom is -0.366 e. The van der Waals surface area contributed by atoms with Crippen molar-refractivity contribution in [2.45, 2.75) is 26.3 Å². The molecule has 2 heterocycles. The van der Waals surface area contributed by atoms with Gasteiger partial charge in [-0.25, -0.2) is 4.98 Å². The van der Waals surface area contributed by atoms with Gasteiger partial charge in [-0.05, 0) is 49.1 Å². The molecule has 0 radical (unpaired) electrons. The van der Waals surface area contributed by atoms with E-state index in [1.54, 1.807) is 6.20 Å². The van der Waals surface area contributed by atoms with Crippen LogP contribution in [0, 0.1) is 6.92 Å². The summed E-state index contributed by atoms with van der Waals surface area (Å²) in [6.45, 7) is 3.54. The number of carbonyl (C=O) groups is 1. The number of anilines is 2. The van der Waals surface area contributed by atoms with Gasteiger partial charge in [0, 0.05) is 25.0 Å². The predicted molar refractivity (Wildman–Crippen MR) is 109 cm³/mol. The largest absolute Gasteiger partial charge is 0.366 e. The number of pyridine rings is 1. The highest BCUT2D eigenvalue weighted by Gasteiger charge is 2.23. The van der Waals surface area contributed by atoms with Crippen LogP contribution in [0.5, 0.6) is 0 Å². The summed E-state index contributed by atoms with van der Waals surface area (Å²) in [5.41, 5.74) is 5.33. The van der Waals surface area contributed by atoms with E-state index in [-0.39, 0.29) is 5.91 Å². The molecular formula is C23H23N3O. The molecule has 0 spiro atoms. The van der Waals surface area contributed by atoms with Crippen LogP contribution in [0.4, 0.5) is 11.5 Å². The Morgan fingerprint density at radius 3 is 2.67 bits per heavy atom. The van der Waals surface area contributed by atoms with Crippen molar-refractivity contribution < 1.29 is 4.79 Å². The first-order valence-electron chi connectivity index (χ1n) is 9.36. The van der Waals surface area contributed by atoms with Crippen LogP contribution in [0.25, 0.3) is 0 Å². The van der Waals surface area contributed by atoms with E-state index in [1.165, 1.54) is 16.7 Å². The Hall–Kier alpha value is -3.14. The second kappa shape index (κ2) is 7.62. The van der Waals surface area contributed by atoms with Crippen molar-refractivity contribution >= 4 is 17.4 Å². The second-order valence-electron chi connectivity index (χ2n) is 6.96. The second-order valence-corrected chi connectivity index (χ2v) is 6.96. The zero-order valence-electron chi connectivity index (χ0n) is 15.5. The van der Waals surface area contributed by atoms with Crippen LogP contribution in [0.2, 0.25) is 0 Å². The molecule has 0 unspecified atom stereocenters. The number of hydrogen-bond donors (Lipinski definition) is 1. The summed E-state index contributed by atoms with van der Waals surface area (Å²) in [6.07, 6.45) is 3.68. The minimum atomic E-state index is 0.0136. The average molecular weight is 357 g/mol. The van der Waals surface area contributed by atoms with Crippen molar-refractivity contribution in [2.24, 2.45) is 0 Å². The highest BCUT2D eigenvalue weighted by molar-refractivity contribution is 6.06. The smallest absolute Gasteiger partial charge is 0.259 e. The molecule has 1 amide bonds. The van der Waals surface area contributed by atoms with E-state index in [0.717, 1.165) is 30.9 Å². The number of benzene rings is 2. The number of rotatable bonds is 4. The third-order valence-electron chi connectivity index (χ3n) is 4.96. The average Bonchev–Trinajstić information content (AvgIpc) is 2.73. The van der Waals surface area contributed by atoms with E-state index in [9.17, 15) is 4.79 Å². The molecule has 4 nitrogen and oxygen atoms in total. The molecular weight excluding hydrogens is 334 g/mol. The fraction of sp³-hybridized carbons (Fsp3) is 0.217. The maximum absolute atomic E-state index is 13.0. The Morgan fingerprint density at radius 2 is 1.89 bits per heavy atom. The van der Waals surface area contributed by atoms with Gasteiger partial charge >= 0.3 is 0 Å². The van der Waals surface area contributed by atoms with Crippen LogP contribution < -0.4 is 10.2 Å². The van der Waals surface area contributed by atoms with Crippen LogP contribution in [0.15, 0.2) is 66.9 Å². The zero-order chi connectivity index (χ0) is 18.6. The first-order chi connectivity index (χ1) is 13.2. The maximum atomic E-state index is 13.0. The number of nitrogens with one attached hydrogen (secondary N) is 1. The van der Waals surface area contributed by atoms with E-state index in [0.29, 0.717) is 12.1 Å². The molecule has 0 saturated carbocycles. The Kier molecular flexibility index (Phi) is 4.88. The molecule has 0 bridgehead atoms. The molecule has 0 atom stereocenters. The number of amides is 1. The molecule has 0 saturated heterocycles. The minimum absolute atomic E-state index is 0.0136. The summed E-state index contributed by atoms with van der Waals surface area (Å²) in [6, 6.07) is 20.3. The molecule has 1 aromatic heterocycles. The van der Waals surface area contributed by atoms with Gasteiger partial charge in [-0.1, -0.05) is 48.0 Å². The first kappa shape index (κ1) is 17.3. The molecule has 27 heavy (non-hydrogen) atoms. The highest BCUT2D eigenvalue weighted by Crippen LogP contribution is 2.28. The van der Waals surface area contributed by atoms with Gasteiger partial charge in [-0.3, -0.25) is 4.79 Å². The van der Waals surface area contributed by atoms with Crippen molar-refractivity contribution in [1.29, 1.82) is 0 Å². The number of aromatic nitrogens is 1. The molecule has 2 aromatic carbocycles. The number of nitrogens with zero attached hydrogens (tertiary/aromatic N) is 2. The molecule has 3 aromatic rings. The monoisotopic (exact) mass is 357 g/mol. The number of hydrogen-bond acceptors (Lipinski definition) is 3. The Morgan fingerprint density at radius 1 is 1.07 bits per heavy atom. The summed E-state index contributed by atoms with van der Waals surface area (Å²) < 4.78 is 0. The standard InChI is InChI=1S/C23H23N3O/c1-17-8-10-18(11-9-17)15-24-22-13-12-20(16-25-22)23(27)26-14-4-6-19-5-2-3-7-21(19)26/h2-3,5,7-13,16H,4,6,14-15H2,1H3,(H,24,25). The number of fused-ring (bicyclic) bond motifs is 1. The molecule has 0 aliphatic carbocycles. The van der Waals surface area contributed by atoms with Crippen molar-refractivity contribution in [3.63, 3.8) is 0 Å². The first-order valence-corrected chi connectivity index (χ1v) is 9.36. The SMILES string of the molecule is Cc1ccc(CNc2ccc(C(=O)N3CCCc4ccccc43)cn2)cc1. The van der Waals surface area contributed by atoms with Crippen LogP contribution in [-0.4, -0.2) is 17.4 Å². The number of para-hydroxylation sites is 1. The molecule has 1 aliphatic rings. The normalized spacial score (nSPS) is 13.1. The van der Waals surface area contributed by atoms with Gasteiger partial charge in [0.05, 0.1) is 5.56 Å². The summed E-state index contributed by atoms with van der Waals surface area (Å²) in [5.74, 6) is 0.783. The van der Waals surface area contributed by atoms with Crippen molar-refractivity contribution in [3.8, 4) is 0 Å². The molecule has 1 N–H and O–H groups in total. The van der Waals surface area contributed by atoms with Gasteiger partial charge in [0.1, 0.15) is 5.82 Å². The fourth-order valence-electron chi connectivity index (χ4n) is 3.42. The summed E-state index contributed by atoms with van der Waals surface area (Å²) in [7, 11) is 0. The summed E-state index contributed by atoms with van der Waals surface area (Å²) in [4.78, 5) is 19.2. The Labute approximate surface area is 159 Å². The lowest BCUT2D eigenvalue weighted by Crippen LogP contribution is -2.35. The summed E-state index contributed by atoms with van der Waals surface area (Å²) in [5, 5.41) is 3.31. The quantitative estimate of drug-likeness (QED) is 0.742. The Bertz CT molecular complexity index is 933. The van der Waals surface area contributed by atoms with Crippen LogP contribution in [-0.2, 0) is 13.0 Å². The maximum Gasteiger partial charge on any atom is 0.259 e. The van der Waals surface area contributed by atoms with Crippen molar-refractivity contribution in [2.75, 3.05) is 16.8 Å². The van der Waals surface area contributed by atoms with Gasteiger partial charge < -0.3 is 10.2 Å².